The van der Waals surface area contributed by atoms with E-state index in [-0.39, 0.29) is 23.8 Å². The molecule has 3 heterocycles. The quantitative estimate of drug-likeness (QED) is 0.390. The topological polar surface area (TPSA) is 127 Å². The third-order valence-electron chi connectivity index (χ3n) is 7.52. The van der Waals surface area contributed by atoms with Gasteiger partial charge in [0.05, 0.1) is 6.54 Å². The number of phenols is 1. The molecule has 1 atom stereocenters. The Morgan fingerprint density at radius 3 is 2.58 bits per heavy atom. The van der Waals surface area contributed by atoms with Crippen LogP contribution in [-0.4, -0.2) is 95.3 Å². The lowest BCUT2D eigenvalue weighted by Gasteiger charge is -2.35. The number of benzene rings is 2. The standard InChI is InChI=1S/C32H42N6O5/c1-32(2,3)43-31(40)37-16-14-36(15-17-37)18-19-41-24-9-6-8-23(20-24)38-13-7-10-25(22-38)42-29-21-27(34-35-30(29)33)26-11-4-5-12-28(26)39/h4-6,8-9,11-12,20-21,25,39H,7,10,13-19,22H2,1-3H3,(H2,33,35). The van der Waals surface area contributed by atoms with Crippen LogP contribution in [0.2, 0.25) is 0 Å². The van der Waals surface area contributed by atoms with Crippen molar-refractivity contribution in [1.29, 1.82) is 0 Å². The summed E-state index contributed by atoms with van der Waals surface area (Å²) in [4.78, 5) is 18.7. The molecule has 1 amide bonds. The molecule has 3 aromatic rings. The molecule has 2 aliphatic rings. The van der Waals surface area contributed by atoms with Crippen molar-refractivity contribution in [2.45, 2.75) is 45.3 Å². The van der Waals surface area contributed by atoms with E-state index in [1.807, 2.05) is 39.0 Å². The molecule has 3 N–H and O–H groups in total. The summed E-state index contributed by atoms with van der Waals surface area (Å²) in [5.41, 5.74) is 7.78. The molecule has 1 aromatic heterocycles. The van der Waals surface area contributed by atoms with E-state index in [2.05, 4.69) is 32.1 Å². The Balaban J connectivity index is 1.12. The SMILES string of the molecule is CC(C)(C)OC(=O)N1CCN(CCOc2cccc(N3CCCC(Oc4cc(-c5ccccc5O)nnc4N)C3)c2)CC1. The zero-order valence-electron chi connectivity index (χ0n) is 25.2. The monoisotopic (exact) mass is 590 g/mol. The highest BCUT2D eigenvalue weighted by Gasteiger charge is 2.26. The summed E-state index contributed by atoms with van der Waals surface area (Å²) >= 11 is 0. The summed E-state index contributed by atoms with van der Waals surface area (Å²) in [7, 11) is 0. The third kappa shape index (κ3) is 8.19. The smallest absolute Gasteiger partial charge is 0.410 e. The van der Waals surface area contributed by atoms with Gasteiger partial charge in [-0.05, 0) is 57.9 Å². The largest absolute Gasteiger partial charge is 0.507 e. The molecule has 5 rings (SSSR count). The molecule has 2 aromatic carbocycles. The van der Waals surface area contributed by atoms with Gasteiger partial charge in [-0.3, -0.25) is 4.90 Å². The fourth-order valence-corrected chi connectivity index (χ4v) is 5.29. The van der Waals surface area contributed by atoms with Crippen LogP contribution in [0, 0.1) is 0 Å². The Morgan fingerprint density at radius 1 is 1.02 bits per heavy atom. The molecule has 0 spiro atoms. The summed E-state index contributed by atoms with van der Waals surface area (Å²) in [6, 6.07) is 16.9. The number of hydrogen-bond donors (Lipinski definition) is 2. The maximum atomic E-state index is 12.3. The Kier molecular flexibility index (Phi) is 9.40. The molecule has 2 fully saturated rings. The molecule has 11 nitrogen and oxygen atoms in total. The molecular formula is C32H42N6O5. The van der Waals surface area contributed by atoms with Gasteiger partial charge in [0.1, 0.15) is 35.5 Å². The maximum absolute atomic E-state index is 12.3. The Morgan fingerprint density at radius 2 is 1.81 bits per heavy atom. The molecule has 0 bridgehead atoms. The number of piperidine rings is 1. The predicted octanol–water partition coefficient (Wildman–Crippen LogP) is 4.41. The lowest BCUT2D eigenvalue weighted by atomic mass is 10.1. The van der Waals surface area contributed by atoms with Gasteiger partial charge in [-0.15, -0.1) is 10.2 Å². The molecule has 0 radical (unpaired) electrons. The van der Waals surface area contributed by atoms with Crippen molar-refractivity contribution < 1.29 is 24.1 Å². The number of aromatic nitrogens is 2. The number of anilines is 2. The molecular weight excluding hydrogens is 548 g/mol. The molecule has 43 heavy (non-hydrogen) atoms. The summed E-state index contributed by atoms with van der Waals surface area (Å²) in [6.45, 7) is 11.5. The van der Waals surface area contributed by atoms with Gasteiger partial charge in [-0.25, -0.2) is 4.79 Å². The number of carbonyl (C=O) groups is 1. The first-order valence-electron chi connectivity index (χ1n) is 14.9. The summed E-state index contributed by atoms with van der Waals surface area (Å²) in [5.74, 6) is 1.63. The Hall–Kier alpha value is -4.25. The number of para-hydroxylation sites is 1. The second-order valence-electron chi connectivity index (χ2n) is 12.0. The average Bonchev–Trinajstić information content (AvgIpc) is 2.98. The van der Waals surface area contributed by atoms with E-state index in [9.17, 15) is 9.90 Å². The minimum absolute atomic E-state index is 0.0820. The first-order valence-corrected chi connectivity index (χ1v) is 14.9. The lowest BCUT2D eigenvalue weighted by Crippen LogP contribution is -2.50. The number of nitrogen functional groups attached to an aromatic ring is 1. The van der Waals surface area contributed by atoms with Crippen LogP contribution >= 0.6 is 0 Å². The summed E-state index contributed by atoms with van der Waals surface area (Å²) in [6.07, 6.45) is 1.53. The van der Waals surface area contributed by atoms with Crippen molar-refractivity contribution in [3.05, 3.63) is 54.6 Å². The Bertz CT molecular complexity index is 1390. The van der Waals surface area contributed by atoms with Crippen LogP contribution in [0.5, 0.6) is 17.2 Å². The highest BCUT2D eigenvalue weighted by atomic mass is 16.6. The lowest BCUT2D eigenvalue weighted by molar-refractivity contribution is 0.0137. The van der Waals surface area contributed by atoms with Crippen molar-refractivity contribution in [3.8, 4) is 28.5 Å². The van der Waals surface area contributed by atoms with E-state index in [0.29, 0.717) is 43.2 Å². The second-order valence-corrected chi connectivity index (χ2v) is 12.0. The fraction of sp³-hybridized carbons (Fsp3) is 0.469. The van der Waals surface area contributed by atoms with Gasteiger partial charge >= 0.3 is 6.09 Å². The van der Waals surface area contributed by atoms with Gasteiger partial charge in [0.2, 0.25) is 0 Å². The number of hydrogen-bond acceptors (Lipinski definition) is 10. The number of nitrogens with two attached hydrogens (primary N) is 1. The molecule has 0 aliphatic carbocycles. The predicted molar refractivity (Wildman–Crippen MR) is 166 cm³/mol. The molecule has 0 saturated carbocycles. The van der Waals surface area contributed by atoms with Crippen molar-refractivity contribution in [2.75, 3.05) is 63.1 Å². The molecule has 2 aliphatic heterocycles. The molecule has 1 unspecified atom stereocenters. The first kappa shape index (κ1) is 30.2. The van der Waals surface area contributed by atoms with Crippen LogP contribution < -0.4 is 20.1 Å². The number of nitrogens with zero attached hydrogens (tertiary/aromatic N) is 5. The van der Waals surface area contributed by atoms with Gasteiger partial charge < -0.3 is 34.9 Å². The molecule has 2 saturated heterocycles. The van der Waals surface area contributed by atoms with Gasteiger partial charge in [0, 0.05) is 62.7 Å². The second kappa shape index (κ2) is 13.4. The fourth-order valence-electron chi connectivity index (χ4n) is 5.29. The number of rotatable bonds is 8. The average molecular weight is 591 g/mol. The van der Waals surface area contributed by atoms with Crippen LogP contribution in [0.15, 0.2) is 54.6 Å². The van der Waals surface area contributed by atoms with Gasteiger partial charge in [0.15, 0.2) is 11.6 Å². The van der Waals surface area contributed by atoms with Crippen LogP contribution in [0.4, 0.5) is 16.3 Å². The summed E-state index contributed by atoms with van der Waals surface area (Å²) < 4.78 is 17.9. The summed E-state index contributed by atoms with van der Waals surface area (Å²) in [5, 5.41) is 18.5. The zero-order chi connectivity index (χ0) is 30.4. The number of phenolic OH excluding ortho intramolecular Hbond substituents is 1. The van der Waals surface area contributed by atoms with Crippen LogP contribution in [0.1, 0.15) is 33.6 Å². The van der Waals surface area contributed by atoms with E-state index >= 15 is 0 Å². The van der Waals surface area contributed by atoms with Gasteiger partial charge in [0.25, 0.3) is 0 Å². The van der Waals surface area contributed by atoms with E-state index in [1.54, 1.807) is 29.2 Å². The van der Waals surface area contributed by atoms with Crippen LogP contribution in [0.3, 0.4) is 0 Å². The Labute approximate surface area is 253 Å². The van der Waals surface area contributed by atoms with E-state index in [1.165, 1.54) is 0 Å². The van der Waals surface area contributed by atoms with Crippen molar-refractivity contribution in [1.82, 2.24) is 20.0 Å². The van der Waals surface area contributed by atoms with E-state index in [4.69, 9.17) is 19.9 Å². The number of aromatic hydroxyl groups is 1. The van der Waals surface area contributed by atoms with Crippen molar-refractivity contribution in [3.63, 3.8) is 0 Å². The normalized spacial score (nSPS) is 17.9. The van der Waals surface area contributed by atoms with Crippen LogP contribution in [-0.2, 0) is 4.74 Å². The van der Waals surface area contributed by atoms with E-state index < -0.39 is 5.60 Å². The minimum Gasteiger partial charge on any atom is -0.507 e. The van der Waals surface area contributed by atoms with Crippen molar-refractivity contribution >= 4 is 17.6 Å². The number of carbonyl (C=O) groups excluding carboxylic acids is 1. The number of ether oxygens (including phenoxy) is 3. The molecule has 11 heteroatoms. The number of amides is 1. The van der Waals surface area contributed by atoms with Gasteiger partial charge in [-0.2, -0.15) is 0 Å². The number of piperazine rings is 1. The first-order chi connectivity index (χ1) is 20.6. The molecule has 230 valence electrons. The maximum Gasteiger partial charge on any atom is 0.410 e. The highest BCUT2D eigenvalue weighted by Crippen LogP contribution is 2.32. The van der Waals surface area contributed by atoms with E-state index in [0.717, 1.165) is 50.5 Å². The van der Waals surface area contributed by atoms with Crippen molar-refractivity contribution in [2.24, 2.45) is 0 Å². The zero-order valence-corrected chi connectivity index (χ0v) is 25.2. The van der Waals surface area contributed by atoms with Crippen LogP contribution in [0.25, 0.3) is 11.3 Å². The minimum atomic E-state index is -0.484. The highest BCUT2D eigenvalue weighted by molar-refractivity contribution is 5.69. The third-order valence-corrected chi connectivity index (χ3v) is 7.52. The van der Waals surface area contributed by atoms with Gasteiger partial charge in [-0.1, -0.05) is 18.2 Å².